The van der Waals surface area contributed by atoms with E-state index in [1.165, 1.54) is 11.3 Å². The molecule has 3 rings (SSSR count). The van der Waals surface area contributed by atoms with E-state index in [0.717, 1.165) is 42.3 Å². The molecule has 1 unspecified atom stereocenters. The van der Waals surface area contributed by atoms with E-state index in [0.29, 0.717) is 11.6 Å². The Labute approximate surface area is 144 Å². The Morgan fingerprint density at radius 2 is 2.21 bits per heavy atom. The van der Waals surface area contributed by atoms with Gasteiger partial charge in [-0.15, -0.1) is 11.3 Å². The van der Waals surface area contributed by atoms with Crippen LogP contribution in [-0.4, -0.2) is 44.0 Å². The van der Waals surface area contributed by atoms with E-state index in [9.17, 15) is 4.79 Å². The molecular formula is C16H21N5O2S. The minimum Gasteiger partial charge on any atom is -0.480 e. The van der Waals surface area contributed by atoms with E-state index in [2.05, 4.69) is 20.3 Å². The van der Waals surface area contributed by atoms with E-state index >= 15 is 0 Å². The number of aryl methyl sites for hydroxylation is 2. The second kappa shape index (κ2) is 7.23. The third-order valence-electron chi connectivity index (χ3n) is 4.01. The number of carboxylic acids is 1. The van der Waals surface area contributed by atoms with Crippen LogP contribution in [0.25, 0.3) is 0 Å². The lowest BCUT2D eigenvalue weighted by molar-refractivity contribution is -0.139. The molecule has 2 N–H and O–H groups in total. The molecule has 1 saturated heterocycles. The summed E-state index contributed by atoms with van der Waals surface area (Å²) in [5.74, 6) is 0.570. The summed E-state index contributed by atoms with van der Waals surface area (Å²) in [5, 5.41) is 15.1. The number of thiazole rings is 1. The van der Waals surface area contributed by atoms with Crippen LogP contribution < -0.4 is 5.32 Å². The van der Waals surface area contributed by atoms with Crippen molar-refractivity contribution in [1.82, 2.24) is 19.9 Å². The van der Waals surface area contributed by atoms with Gasteiger partial charge in [-0.3, -0.25) is 9.69 Å². The standard InChI is InChI=1S/C16H21N5O2S/c1-10-9-24-16(17-10)20-14-7-12(18-11(2)19-14)13-5-3-4-6-21(13)8-15(22)23/h7,9,13H,3-6,8H2,1-2H3,(H,22,23)(H,17,18,19,20). The van der Waals surface area contributed by atoms with Gasteiger partial charge in [0.25, 0.3) is 0 Å². The van der Waals surface area contributed by atoms with Crippen LogP contribution in [0.1, 0.15) is 42.5 Å². The van der Waals surface area contributed by atoms with E-state index in [4.69, 9.17) is 5.11 Å². The van der Waals surface area contributed by atoms with Gasteiger partial charge >= 0.3 is 5.97 Å². The highest BCUT2D eigenvalue weighted by atomic mass is 32.1. The molecule has 0 radical (unpaired) electrons. The fraction of sp³-hybridized carbons (Fsp3) is 0.500. The Hall–Kier alpha value is -2.06. The van der Waals surface area contributed by atoms with Crippen LogP contribution in [0, 0.1) is 13.8 Å². The zero-order chi connectivity index (χ0) is 17.1. The van der Waals surface area contributed by atoms with Gasteiger partial charge in [-0.1, -0.05) is 6.42 Å². The predicted octanol–water partition coefficient (Wildman–Crippen LogP) is 2.91. The number of nitrogens with one attached hydrogen (secondary N) is 1. The van der Waals surface area contributed by atoms with Crippen LogP contribution in [0.5, 0.6) is 0 Å². The summed E-state index contributed by atoms with van der Waals surface area (Å²) in [6.45, 7) is 4.63. The fourth-order valence-corrected chi connectivity index (χ4v) is 3.73. The molecular weight excluding hydrogens is 326 g/mol. The first-order chi connectivity index (χ1) is 11.5. The van der Waals surface area contributed by atoms with Gasteiger partial charge in [0.05, 0.1) is 24.0 Å². The van der Waals surface area contributed by atoms with Crippen molar-refractivity contribution in [3.63, 3.8) is 0 Å². The van der Waals surface area contributed by atoms with Crippen molar-refractivity contribution in [1.29, 1.82) is 0 Å². The number of carbonyl (C=O) groups is 1. The van der Waals surface area contributed by atoms with Gasteiger partial charge in [0.1, 0.15) is 11.6 Å². The molecule has 24 heavy (non-hydrogen) atoms. The Kier molecular flexibility index (Phi) is 5.06. The highest BCUT2D eigenvalue weighted by molar-refractivity contribution is 7.13. The molecule has 0 saturated carbocycles. The SMILES string of the molecule is Cc1csc(Nc2cc(C3CCCCN3CC(=O)O)nc(C)n2)n1. The molecule has 0 bridgehead atoms. The summed E-state index contributed by atoms with van der Waals surface area (Å²) >= 11 is 1.53. The van der Waals surface area contributed by atoms with Crippen molar-refractivity contribution in [3.05, 3.63) is 28.7 Å². The second-order valence-electron chi connectivity index (χ2n) is 6.02. The van der Waals surface area contributed by atoms with E-state index in [-0.39, 0.29) is 12.6 Å². The fourth-order valence-electron chi connectivity index (χ4n) is 3.04. The molecule has 1 atom stereocenters. The van der Waals surface area contributed by atoms with Crippen LogP contribution in [0.3, 0.4) is 0 Å². The minimum atomic E-state index is -0.802. The molecule has 1 aliphatic rings. The smallest absolute Gasteiger partial charge is 0.317 e. The summed E-state index contributed by atoms with van der Waals surface area (Å²) in [6, 6.07) is 1.93. The van der Waals surface area contributed by atoms with E-state index < -0.39 is 5.97 Å². The van der Waals surface area contributed by atoms with Gasteiger partial charge in [0, 0.05) is 11.4 Å². The van der Waals surface area contributed by atoms with Crippen LogP contribution in [-0.2, 0) is 4.79 Å². The quantitative estimate of drug-likeness (QED) is 0.859. The Morgan fingerprint density at radius 1 is 1.38 bits per heavy atom. The molecule has 2 aromatic heterocycles. The third-order valence-corrected chi connectivity index (χ3v) is 4.88. The number of aromatic nitrogens is 3. The van der Waals surface area contributed by atoms with Crippen molar-refractivity contribution in [2.75, 3.05) is 18.4 Å². The third kappa shape index (κ3) is 4.07. The normalized spacial score (nSPS) is 18.5. The van der Waals surface area contributed by atoms with Crippen molar-refractivity contribution >= 4 is 28.3 Å². The van der Waals surface area contributed by atoms with Crippen molar-refractivity contribution in [3.8, 4) is 0 Å². The maximum Gasteiger partial charge on any atom is 0.317 e. The number of likely N-dealkylation sites (tertiary alicyclic amines) is 1. The lowest BCUT2D eigenvalue weighted by atomic mass is 9.99. The first-order valence-corrected chi connectivity index (χ1v) is 8.90. The van der Waals surface area contributed by atoms with Gasteiger partial charge < -0.3 is 10.4 Å². The number of rotatable bonds is 5. The highest BCUT2D eigenvalue weighted by Gasteiger charge is 2.27. The molecule has 0 spiro atoms. The zero-order valence-electron chi connectivity index (χ0n) is 13.8. The summed E-state index contributed by atoms with van der Waals surface area (Å²) in [4.78, 5) is 26.5. The van der Waals surface area contributed by atoms with Crippen molar-refractivity contribution in [2.24, 2.45) is 0 Å². The second-order valence-corrected chi connectivity index (χ2v) is 6.88. The highest BCUT2D eigenvalue weighted by Crippen LogP contribution is 2.31. The molecule has 1 aliphatic heterocycles. The number of piperidine rings is 1. The zero-order valence-corrected chi connectivity index (χ0v) is 14.6. The Bertz CT molecular complexity index is 733. The monoisotopic (exact) mass is 347 g/mol. The van der Waals surface area contributed by atoms with Gasteiger partial charge in [0.2, 0.25) is 0 Å². The molecule has 0 aliphatic carbocycles. The van der Waals surface area contributed by atoms with Crippen molar-refractivity contribution < 1.29 is 9.90 Å². The van der Waals surface area contributed by atoms with E-state index in [1.807, 2.05) is 30.2 Å². The van der Waals surface area contributed by atoms with Crippen molar-refractivity contribution in [2.45, 2.75) is 39.2 Å². The average Bonchev–Trinajstić information content (AvgIpc) is 2.91. The summed E-state index contributed by atoms with van der Waals surface area (Å²) in [6.07, 6.45) is 3.02. The number of hydrogen-bond acceptors (Lipinski definition) is 7. The topological polar surface area (TPSA) is 91.2 Å². The summed E-state index contributed by atoms with van der Waals surface area (Å²) in [5.41, 5.74) is 1.84. The number of anilines is 2. The maximum atomic E-state index is 11.1. The maximum absolute atomic E-state index is 11.1. The number of carboxylic acid groups (broad SMARTS) is 1. The number of nitrogens with zero attached hydrogens (tertiary/aromatic N) is 4. The van der Waals surface area contributed by atoms with Crippen LogP contribution in [0.4, 0.5) is 10.9 Å². The largest absolute Gasteiger partial charge is 0.480 e. The molecule has 8 heteroatoms. The van der Waals surface area contributed by atoms with Crippen LogP contribution >= 0.6 is 11.3 Å². The molecule has 0 amide bonds. The lowest BCUT2D eigenvalue weighted by Gasteiger charge is -2.34. The minimum absolute atomic E-state index is 0.0233. The number of aliphatic carboxylic acids is 1. The van der Waals surface area contributed by atoms with Gasteiger partial charge in [0.15, 0.2) is 5.13 Å². The molecule has 2 aromatic rings. The molecule has 3 heterocycles. The molecule has 1 fully saturated rings. The van der Waals surface area contributed by atoms with Gasteiger partial charge in [-0.25, -0.2) is 15.0 Å². The van der Waals surface area contributed by atoms with Crippen LogP contribution in [0.2, 0.25) is 0 Å². The average molecular weight is 347 g/mol. The predicted molar refractivity (Wildman–Crippen MR) is 92.7 cm³/mol. The molecule has 0 aromatic carbocycles. The Morgan fingerprint density at radius 3 is 2.92 bits per heavy atom. The number of hydrogen-bond donors (Lipinski definition) is 2. The molecule has 7 nitrogen and oxygen atoms in total. The van der Waals surface area contributed by atoms with E-state index in [1.54, 1.807) is 0 Å². The summed E-state index contributed by atoms with van der Waals surface area (Å²) in [7, 11) is 0. The summed E-state index contributed by atoms with van der Waals surface area (Å²) < 4.78 is 0. The van der Waals surface area contributed by atoms with Crippen LogP contribution in [0.15, 0.2) is 11.4 Å². The molecule has 128 valence electrons. The van der Waals surface area contributed by atoms with Gasteiger partial charge in [-0.2, -0.15) is 0 Å². The van der Waals surface area contributed by atoms with Gasteiger partial charge in [-0.05, 0) is 33.2 Å². The first-order valence-electron chi connectivity index (χ1n) is 8.02. The first kappa shape index (κ1) is 16.8. The lowest BCUT2D eigenvalue weighted by Crippen LogP contribution is -2.37. The Balaban J connectivity index is 1.85.